The molecule has 3 nitrogen and oxygen atoms in total. The zero-order valence-electron chi connectivity index (χ0n) is 13.8. The quantitative estimate of drug-likeness (QED) is 0.906. The number of hydrogen-bond donors (Lipinski definition) is 1. The van der Waals surface area contributed by atoms with E-state index in [4.69, 9.17) is 0 Å². The Morgan fingerprint density at radius 2 is 2.05 bits per heavy atom. The van der Waals surface area contributed by atoms with Gasteiger partial charge in [0.15, 0.2) is 0 Å². The lowest BCUT2D eigenvalue weighted by molar-refractivity contribution is -0.128. The summed E-state index contributed by atoms with van der Waals surface area (Å²) in [4.78, 5) is 13.2. The molecule has 0 bridgehead atoms. The van der Waals surface area contributed by atoms with E-state index in [2.05, 4.69) is 37.4 Å². The van der Waals surface area contributed by atoms with Gasteiger partial charge in [0.2, 0.25) is 5.91 Å². The second kappa shape index (κ2) is 6.50. The summed E-state index contributed by atoms with van der Waals surface area (Å²) in [5.74, 6) is 0.0998. The second-order valence-electron chi connectivity index (χ2n) is 6.96. The van der Waals surface area contributed by atoms with Gasteiger partial charge in [0, 0.05) is 32.2 Å². The molecular weight excluding hydrogens is 260 g/mol. The minimum Gasteiger partial charge on any atom is -0.381 e. The SMILES string of the molecule is CC(=O)N(C)Cc1ccccc1NC1CCCCC1(C)C. The molecule has 1 amide bonds. The molecule has 0 aliphatic heterocycles. The summed E-state index contributed by atoms with van der Waals surface area (Å²) in [6.45, 7) is 6.98. The molecule has 21 heavy (non-hydrogen) atoms. The Kier molecular flexibility index (Phi) is 4.92. The van der Waals surface area contributed by atoms with Gasteiger partial charge in [-0.3, -0.25) is 4.79 Å². The average Bonchev–Trinajstić information content (AvgIpc) is 2.42. The molecule has 1 aromatic carbocycles. The van der Waals surface area contributed by atoms with E-state index in [1.807, 2.05) is 13.1 Å². The van der Waals surface area contributed by atoms with Crippen LogP contribution in [0.5, 0.6) is 0 Å². The summed E-state index contributed by atoms with van der Waals surface area (Å²) in [6, 6.07) is 8.86. The predicted molar refractivity (Wildman–Crippen MR) is 88.2 cm³/mol. The van der Waals surface area contributed by atoms with Crippen LogP contribution in [0.1, 0.15) is 52.0 Å². The highest BCUT2D eigenvalue weighted by Crippen LogP contribution is 2.37. The first-order chi connectivity index (χ1) is 9.90. The van der Waals surface area contributed by atoms with Crippen molar-refractivity contribution in [2.45, 2.75) is 59.0 Å². The molecule has 1 fully saturated rings. The molecule has 0 heterocycles. The zero-order chi connectivity index (χ0) is 15.5. The van der Waals surface area contributed by atoms with Gasteiger partial charge in [-0.2, -0.15) is 0 Å². The minimum atomic E-state index is 0.0998. The summed E-state index contributed by atoms with van der Waals surface area (Å²) in [5.41, 5.74) is 2.69. The van der Waals surface area contributed by atoms with E-state index >= 15 is 0 Å². The first-order valence-corrected chi connectivity index (χ1v) is 7.96. The van der Waals surface area contributed by atoms with Gasteiger partial charge in [0.05, 0.1) is 0 Å². The second-order valence-corrected chi connectivity index (χ2v) is 6.96. The Morgan fingerprint density at radius 1 is 1.33 bits per heavy atom. The molecule has 1 aliphatic carbocycles. The van der Waals surface area contributed by atoms with E-state index in [0.717, 1.165) is 0 Å². The molecule has 1 unspecified atom stereocenters. The number of anilines is 1. The fraction of sp³-hybridized carbons (Fsp3) is 0.611. The van der Waals surface area contributed by atoms with E-state index in [0.29, 0.717) is 18.0 Å². The number of para-hydroxylation sites is 1. The highest BCUT2D eigenvalue weighted by molar-refractivity contribution is 5.73. The smallest absolute Gasteiger partial charge is 0.219 e. The van der Waals surface area contributed by atoms with Crippen molar-refractivity contribution < 1.29 is 4.79 Å². The van der Waals surface area contributed by atoms with Gasteiger partial charge in [-0.1, -0.05) is 44.9 Å². The first-order valence-electron chi connectivity index (χ1n) is 7.96. The molecular formula is C18H28N2O. The summed E-state index contributed by atoms with van der Waals surface area (Å²) in [5, 5.41) is 3.75. The largest absolute Gasteiger partial charge is 0.381 e. The van der Waals surface area contributed by atoms with Crippen LogP contribution in [0.25, 0.3) is 0 Å². The third-order valence-electron chi connectivity index (χ3n) is 4.80. The molecule has 2 rings (SSSR count). The van der Waals surface area contributed by atoms with Crippen molar-refractivity contribution >= 4 is 11.6 Å². The number of amides is 1. The molecule has 0 radical (unpaired) electrons. The Bertz CT molecular complexity index is 496. The molecule has 116 valence electrons. The van der Waals surface area contributed by atoms with Gasteiger partial charge in [0.1, 0.15) is 0 Å². The lowest BCUT2D eigenvalue weighted by Gasteiger charge is -2.40. The molecule has 1 aromatic rings. The summed E-state index contributed by atoms with van der Waals surface area (Å²) in [7, 11) is 1.85. The van der Waals surface area contributed by atoms with Gasteiger partial charge < -0.3 is 10.2 Å². The third kappa shape index (κ3) is 3.99. The van der Waals surface area contributed by atoms with Gasteiger partial charge in [-0.15, -0.1) is 0 Å². The topological polar surface area (TPSA) is 32.3 Å². The lowest BCUT2D eigenvalue weighted by atomic mass is 9.73. The van der Waals surface area contributed by atoms with Crippen molar-refractivity contribution in [2.75, 3.05) is 12.4 Å². The number of nitrogens with one attached hydrogen (secondary N) is 1. The number of carbonyl (C=O) groups excluding carboxylic acids is 1. The van der Waals surface area contributed by atoms with Gasteiger partial charge in [-0.25, -0.2) is 0 Å². The van der Waals surface area contributed by atoms with Crippen LogP contribution in [0.15, 0.2) is 24.3 Å². The predicted octanol–water partition coefficient (Wildman–Crippen LogP) is 4.05. The van der Waals surface area contributed by atoms with Gasteiger partial charge in [-0.05, 0) is 29.9 Å². The van der Waals surface area contributed by atoms with E-state index in [9.17, 15) is 4.79 Å². The minimum absolute atomic E-state index is 0.0998. The van der Waals surface area contributed by atoms with E-state index in [-0.39, 0.29) is 5.91 Å². The van der Waals surface area contributed by atoms with Crippen molar-refractivity contribution in [3.63, 3.8) is 0 Å². The van der Waals surface area contributed by atoms with Crippen LogP contribution >= 0.6 is 0 Å². The number of rotatable bonds is 4. The van der Waals surface area contributed by atoms with Crippen molar-refractivity contribution in [3.8, 4) is 0 Å². The fourth-order valence-electron chi connectivity index (χ4n) is 3.12. The van der Waals surface area contributed by atoms with Crippen LogP contribution in [0.4, 0.5) is 5.69 Å². The van der Waals surface area contributed by atoms with Crippen molar-refractivity contribution in [3.05, 3.63) is 29.8 Å². The normalized spacial score (nSPS) is 20.9. The highest BCUT2D eigenvalue weighted by atomic mass is 16.2. The van der Waals surface area contributed by atoms with E-state index in [1.165, 1.54) is 36.9 Å². The van der Waals surface area contributed by atoms with Gasteiger partial charge in [0.25, 0.3) is 0 Å². The molecule has 0 aromatic heterocycles. The van der Waals surface area contributed by atoms with Crippen molar-refractivity contribution in [2.24, 2.45) is 5.41 Å². The lowest BCUT2D eigenvalue weighted by Crippen LogP contribution is -2.39. The Balaban J connectivity index is 2.14. The van der Waals surface area contributed by atoms with Crippen LogP contribution < -0.4 is 5.32 Å². The van der Waals surface area contributed by atoms with Crippen molar-refractivity contribution in [1.29, 1.82) is 0 Å². The molecule has 0 spiro atoms. The van der Waals surface area contributed by atoms with Crippen LogP contribution in [0, 0.1) is 5.41 Å². The average molecular weight is 288 g/mol. The maximum atomic E-state index is 11.5. The molecule has 1 atom stereocenters. The van der Waals surface area contributed by atoms with E-state index < -0.39 is 0 Å². The standard InChI is InChI=1S/C18H28N2O/c1-14(21)20(4)13-15-9-5-6-10-16(15)19-17-11-7-8-12-18(17,2)3/h5-6,9-10,17,19H,7-8,11-13H2,1-4H3. The maximum absolute atomic E-state index is 11.5. The molecule has 1 saturated carbocycles. The highest BCUT2D eigenvalue weighted by Gasteiger charge is 2.32. The molecule has 1 aliphatic rings. The summed E-state index contributed by atoms with van der Waals surface area (Å²) >= 11 is 0. The molecule has 1 N–H and O–H groups in total. The Labute approximate surface area is 128 Å². The monoisotopic (exact) mass is 288 g/mol. The summed E-state index contributed by atoms with van der Waals surface area (Å²) in [6.07, 6.45) is 5.14. The molecule has 0 saturated heterocycles. The fourth-order valence-corrected chi connectivity index (χ4v) is 3.12. The first kappa shape index (κ1) is 15.9. The van der Waals surface area contributed by atoms with E-state index in [1.54, 1.807) is 11.8 Å². The molecule has 3 heteroatoms. The number of nitrogens with zero attached hydrogens (tertiary/aromatic N) is 1. The van der Waals surface area contributed by atoms with Gasteiger partial charge >= 0.3 is 0 Å². The number of carbonyl (C=O) groups is 1. The van der Waals surface area contributed by atoms with Crippen LogP contribution in [-0.2, 0) is 11.3 Å². The van der Waals surface area contributed by atoms with Crippen LogP contribution in [0.3, 0.4) is 0 Å². The Morgan fingerprint density at radius 3 is 2.71 bits per heavy atom. The number of hydrogen-bond acceptors (Lipinski definition) is 2. The number of benzene rings is 1. The van der Waals surface area contributed by atoms with Crippen molar-refractivity contribution in [1.82, 2.24) is 4.90 Å². The Hall–Kier alpha value is -1.51. The summed E-state index contributed by atoms with van der Waals surface area (Å²) < 4.78 is 0. The van der Waals surface area contributed by atoms with Crippen LogP contribution in [-0.4, -0.2) is 23.9 Å². The zero-order valence-corrected chi connectivity index (χ0v) is 13.8. The maximum Gasteiger partial charge on any atom is 0.219 e. The third-order valence-corrected chi connectivity index (χ3v) is 4.80. The van der Waals surface area contributed by atoms with Crippen LogP contribution in [0.2, 0.25) is 0 Å².